The van der Waals surface area contributed by atoms with Crippen molar-refractivity contribution in [2.75, 3.05) is 47.1 Å². The number of hydrogen-bond donors (Lipinski definition) is 1. The average Bonchev–Trinajstić information content (AvgIpc) is 2.74. The van der Waals surface area contributed by atoms with Crippen molar-refractivity contribution in [3.63, 3.8) is 0 Å². The monoisotopic (exact) mass is 485 g/mol. The summed E-state index contributed by atoms with van der Waals surface area (Å²) in [6.45, 7) is 4.73. The number of anilines is 3. The molecule has 2 aromatic carbocycles. The van der Waals surface area contributed by atoms with E-state index < -0.39 is 22.0 Å². The van der Waals surface area contributed by atoms with Crippen molar-refractivity contribution in [3.8, 4) is 0 Å². The van der Waals surface area contributed by atoms with Crippen LogP contribution in [0, 0.1) is 0 Å². The maximum atomic E-state index is 13.1. The molecule has 1 fully saturated rings. The molecule has 2 aromatic rings. The first kappa shape index (κ1) is 23.7. The van der Waals surface area contributed by atoms with Crippen molar-refractivity contribution < 1.29 is 17.9 Å². The summed E-state index contributed by atoms with van der Waals surface area (Å²) in [5, 5.41) is 3.33. The van der Waals surface area contributed by atoms with Gasteiger partial charge >= 0.3 is 0 Å². The number of nitrogens with zero attached hydrogens (tertiary/aromatic N) is 2. The molecule has 31 heavy (non-hydrogen) atoms. The summed E-state index contributed by atoms with van der Waals surface area (Å²) in [5.74, 6) is -0.455. The maximum Gasteiger partial charge on any atom is 0.248 e. The van der Waals surface area contributed by atoms with E-state index in [-0.39, 0.29) is 17.1 Å². The Morgan fingerprint density at radius 2 is 1.81 bits per heavy atom. The number of carbonyl (C=O) groups excluding carboxylic acids is 1. The van der Waals surface area contributed by atoms with Crippen molar-refractivity contribution in [1.29, 1.82) is 0 Å². The van der Waals surface area contributed by atoms with Gasteiger partial charge in [-0.2, -0.15) is 0 Å². The maximum absolute atomic E-state index is 13.1. The van der Waals surface area contributed by atoms with Crippen LogP contribution in [0.5, 0.6) is 0 Å². The molecule has 1 amide bonds. The Hall–Kier alpha value is -2.00. The number of sulfonamides is 1. The van der Waals surface area contributed by atoms with E-state index in [1.165, 1.54) is 12.1 Å². The second-order valence-electron chi connectivity index (χ2n) is 7.21. The zero-order chi connectivity index (χ0) is 22.6. The number of morpholine rings is 1. The van der Waals surface area contributed by atoms with Crippen LogP contribution in [0.15, 0.2) is 42.5 Å². The second kappa shape index (κ2) is 10.1. The van der Waals surface area contributed by atoms with Crippen LogP contribution < -0.4 is 14.5 Å². The molecule has 0 spiro atoms. The molecule has 0 unspecified atom stereocenters. The number of ether oxygens (including phenoxy) is 1. The molecule has 0 aliphatic carbocycles. The number of hydrogen-bond acceptors (Lipinski definition) is 5. The summed E-state index contributed by atoms with van der Waals surface area (Å²) in [5.41, 5.74) is 1.78. The highest BCUT2D eigenvalue weighted by Gasteiger charge is 2.33. The summed E-state index contributed by atoms with van der Waals surface area (Å²) in [6, 6.07) is 11.0. The van der Waals surface area contributed by atoms with Crippen molar-refractivity contribution in [2.24, 2.45) is 0 Å². The number of amides is 1. The summed E-state index contributed by atoms with van der Waals surface area (Å²) >= 11 is 12.3. The van der Waals surface area contributed by atoms with Gasteiger partial charge in [-0.15, -0.1) is 0 Å². The quantitative estimate of drug-likeness (QED) is 0.640. The number of carbonyl (C=O) groups is 1. The molecular weight excluding hydrogens is 461 g/mol. The van der Waals surface area contributed by atoms with Crippen LogP contribution in [0.1, 0.15) is 13.3 Å². The second-order valence-corrected chi connectivity index (χ2v) is 9.92. The third kappa shape index (κ3) is 5.83. The first-order valence-corrected chi connectivity index (χ1v) is 12.5. The fourth-order valence-electron chi connectivity index (χ4n) is 3.49. The Morgan fingerprint density at radius 3 is 2.39 bits per heavy atom. The van der Waals surface area contributed by atoms with E-state index in [4.69, 9.17) is 27.9 Å². The van der Waals surface area contributed by atoms with Crippen molar-refractivity contribution in [2.45, 2.75) is 19.4 Å². The predicted molar refractivity (Wildman–Crippen MR) is 126 cm³/mol. The van der Waals surface area contributed by atoms with Crippen LogP contribution in [-0.2, 0) is 19.6 Å². The third-order valence-corrected chi connectivity index (χ3v) is 6.71. The summed E-state index contributed by atoms with van der Waals surface area (Å²) in [7, 11) is -3.82. The summed E-state index contributed by atoms with van der Waals surface area (Å²) in [4.78, 5) is 15.3. The van der Waals surface area contributed by atoms with Gasteiger partial charge in [-0.1, -0.05) is 30.1 Å². The third-order valence-electron chi connectivity index (χ3n) is 4.99. The molecule has 0 radical (unpaired) electrons. The molecule has 10 heteroatoms. The standard InChI is InChI=1S/C21H25Cl2N3O4S/c1-3-19(26(31(2,28)29)20-14-15(22)4-9-18(20)23)21(27)24-16-5-7-17(8-6-16)25-10-12-30-13-11-25/h4-9,14,19H,3,10-13H2,1-2H3,(H,24,27)/t19-/m0/s1. The molecule has 7 nitrogen and oxygen atoms in total. The highest BCUT2D eigenvalue weighted by molar-refractivity contribution is 7.92. The molecule has 1 aliphatic rings. The summed E-state index contributed by atoms with van der Waals surface area (Å²) < 4.78 is 31.6. The molecule has 3 rings (SSSR count). The lowest BCUT2D eigenvalue weighted by molar-refractivity contribution is -0.117. The molecular formula is C21H25Cl2N3O4S. The van der Waals surface area contributed by atoms with E-state index in [9.17, 15) is 13.2 Å². The first-order chi connectivity index (χ1) is 14.7. The normalized spacial score (nSPS) is 15.4. The van der Waals surface area contributed by atoms with Crippen LogP contribution in [0.3, 0.4) is 0 Å². The minimum atomic E-state index is -3.82. The topological polar surface area (TPSA) is 79.0 Å². The van der Waals surface area contributed by atoms with E-state index in [1.54, 1.807) is 25.1 Å². The zero-order valence-corrected chi connectivity index (χ0v) is 19.7. The Balaban J connectivity index is 1.82. The van der Waals surface area contributed by atoms with E-state index >= 15 is 0 Å². The zero-order valence-electron chi connectivity index (χ0n) is 17.3. The Bertz CT molecular complexity index is 1030. The lowest BCUT2D eigenvalue weighted by Crippen LogP contribution is -2.47. The number of nitrogens with one attached hydrogen (secondary N) is 1. The largest absolute Gasteiger partial charge is 0.378 e. The molecule has 168 valence electrons. The van der Waals surface area contributed by atoms with E-state index in [2.05, 4.69) is 10.2 Å². The molecule has 0 saturated carbocycles. The van der Waals surface area contributed by atoms with Gasteiger partial charge in [0.25, 0.3) is 0 Å². The van der Waals surface area contributed by atoms with Gasteiger partial charge in [-0.3, -0.25) is 9.10 Å². The first-order valence-electron chi connectivity index (χ1n) is 9.88. The fourth-order valence-corrected chi connectivity index (χ4v) is 5.13. The van der Waals surface area contributed by atoms with Gasteiger partial charge < -0.3 is 15.0 Å². The lowest BCUT2D eigenvalue weighted by Gasteiger charge is -2.31. The van der Waals surface area contributed by atoms with E-state index in [0.29, 0.717) is 23.9 Å². The van der Waals surface area contributed by atoms with Gasteiger partial charge in [-0.05, 0) is 48.9 Å². The molecule has 0 bridgehead atoms. The minimum Gasteiger partial charge on any atom is -0.378 e. The molecule has 1 saturated heterocycles. The van der Waals surface area contributed by atoms with E-state index in [1.807, 2.05) is 12.1 Å². The lowest BCUT2D eigenvalue weighted by atomic mass is 10.1. The van der Waals surface area contributed by atoms with E-state index in [0.717, 1.165) is 29.3 Å². The van der Waals surface area contributed by atoms with Gasteiger partial charge in [0.15, 0.2) is 0 Å². The van der Waals surface area contributed by atoms with Gasteiger partial charge in [0.2, 0.25) is 15.9 Å². The van der Waals surface area contributed by atoms with Gasteiger partial charge in [0.1, 0.15) is 6.04 Å². The van der Waals surface area contributed by atoms with Crippen LogP contribution in [-0.4, -0.2) is 52.9 Å². The van der Waals surface area contributed by atoms with Crippen LogP contribution >= 0.6 is 23.2 Å². The predicted octanol–water partition coefficient (Wildman–Crippen LogP) is 4.01. The van der Waals surface area contributed by atoms with Gasteiger partial charge in [-0.25, -0.2) is 8.42 Å². The van der Waals surface area contributed by atoms with Crippen molar-refractivity contribution in [3.05, 3.63) is 52.5 Å². The molecule has 1 heterocycles. The molecule has 1 atom stereocenters. The van der Waals surface area contributed by atoms with Gasteiger partial charge in [0, 0.05) is 29.5 Å². The minimum absolute atomic E-state index is 0.168. The van der Waals surface area contributed by atoms with Crippen LogP contribution in [0.4, 0.5) is 17.1 Å². The highest BCUT2D eigenvalue weighted by Crippen LogP contribution is 2.33. The SMILES string of the molecule is CC[C@@H](C(=O)Nc1ccc(N2CCOCC2)cc1)N(c1cc(Cl)ccc1Cl)S(C)(=O)=O. The van der Waals surface area contributed by atoms with Gasteiger partial charge in [0.05, 0.1) is 30.2 Å². The molecule has 1 aliphatic heterocycles. The number of benzene rings is 2. The fraction of sp³-hybridized carbons (Fsp3) is 0.381. The van der Waals surface area contributed by atoms with Crippen molar-refractivity contribution >= 4 is 56.2 Å². The Labute approximate surface area is 192 Å². The van der Waals surface area contributed by atoms with Crippen molar-refractivity contribution in [1.82, 2.24) is 0 Å². The van der Waals surface area contributed by atoms with Crippen LogP contribution in [0.25, 0.3) is 0 Å². The van der Waals surface area contributed by atoms with Crippen LogP contribution in [0.2, 0.25) is 10.0 Å². The Kier molecular flexibility index (Phi) is 7.69. The summed E-state index contributed by atoms with van der Waals surface area (Å²) in [6.07, 6.45) is 1.28. The Morgan fingerprint density at radius 1 is 1.16 bits per heavy atom. The molecule has 0 aromatic heterocycles. The number of halogens is 2. The molecule has 1 N–H and O–H groups in total. The smallest absolute Gasteiger partial charge is 0.248 e. The number of rotatable bonds is 7. The highest BCUT2D eigenvalue weighted by atomic mass is 35.5. The average molecular weight is 486 g/mol.